The molecule has 1 aromatic carbocycles. The first-order valence-electron chi connectivity index (χ1n) is 6.99. The number of aromatic nitrogens is 1. The average molecular weight is 256 g/mol. The molecule has 0 aliphatic heterocycles. The number of rotatable bonds is 4. The summed E-state index contributed by atoms with van der Waals surface area (Å²) in [6, 6.07) is 12.9. The summed E-state index contributed by atoms with van der Waals surface area (Å²) >= 11 is 0. The molecule has 0 amide bonds. The first-order valence-corrected chi connectivity index (χ1v) is 6.99. The van der Waals surface area contributed by atoms with Crippen LogP contribution < -0.4 is 5.32 Å². The number of hydrogen-bond donors (Lipinski definition) is 1. The Morgan fingerprint density at radius 2 is 1.79 bits per heavy atom. The maximum absolute atomic E-state index is 3.58. The van der Waals surface area contributed by atoms with Crippen LogP contribution in [-0.2, 0) is 18.5 Å². The Morgan fingerprint density at radius 1 is 1.05 bits per heavy atom. The largest absolute Gasteiger partial charge is 0.379 e. The number of benzene rings is 1. The highest BCUT2D eigenvalue weighted by Gasteiger charge is 2.17. The van der Waals surface area contributed by atoms with Crippen molar-refractivity contribution < 1.29 is 0 Å². The van der Waals surface area contributed by atoms with Crippen molar-refractivity contribution in [3.05, 3.63) is 53.9 Å². The van der Waals surface area contributed by atoms with Crippen molar-refractivity contribution >= 4 is 5.69 Å². The standard InChI is InChI=1S/C17H24N2/c1-5-19-12-8-9-14(19)13-18-16-11-7-6-10-15(16)17(2,3)4/h6-12,18H,5,13H2,1-4H3. The van der Waals surface area contributed by atoms with Crippen molar-refractivity contribution in [2.75, 3.05) is 5.32 Å². The van der Waals surface area contributed by atoms with E-state index >= 15 is 0 Å². The molecule has 2 aromatic rings. The highest BCUT2D eigenvalue weighted by molar-refractivity contribution is 5.54. The molecule has 0 fully saturated rings. The molecule has 0 aliphatic rings. The van der Waals surface area contributed by atoms with Gasteiger partial charge in [-0.3, -0.25) is 0 Å². The quantitative estimate of drug-likeness (QED) is 0.857. The molecule has 19 heavy (non-hydrogen) atoms. The molecule has 2 heteroatoms. The van der Waals surface area contributed by atoms with E-state index in [0.717, 1.165) is 13.1 Å². The van der Waals surface area contributed by atoms with Crippen LogP contribution >= 0.6 is 0 Å². The lowest BCUT2D eigenvalue weighted by Crippen LogP contribution is -2.15. The van der Waals surface area contributed by atoms with Crippen LogP contribution in [0.3, 0.4) is 0 Å². The van der Waals surface area contributed by atoms with Crippen LogP contribution in [-0.4, -0.2) is 4.57 Å². The molecule has 0 aliphatic carbocycles. The van der Waals surface area contributed by atoms with E-state index in [4.69, 9.17) is 0 Å². The lowest BCUT2D eigenvalue weighted by atomic mass is 9.86. The second kappa shape index (κ2) is 5.52. The summed E-state index contributed by atoms with van der Waals surface area (Å²) in [4.78, 5) is 0. The molecule has 1 heterocycles. The van der Waals surface area contributed by atoms with Gasteiger partial charge < -0.3 is 9.88 Å². The van der Waals surface area contributed by atoms with Crippen molar-refractivity contribution in [1.82, 2.24) is 4.57 Å². The molecule has 0 atom stereocenters. The van der Waals surface area contributed by atoms with Gasteiger partial charge in [0.05, 0.1) is 6.54 Å². The van der Waals surface area contributed by atoms with Crippen molar-refractivity contribution in [1.29, 1.82) is 0 Å². The topological polar surface area (TPSA) is 17.0 Å². The van der Waals surface area contributed by atoms with E-state index in [1.165, 1.54) is 16.9 Å². The van der Waals surface area contributed by atoms with Crippen LogP contribution in [0.5, 0.6) is 0 Å². The van der Waals surface area contributed by atoms with Gasteiger partial charge in [0.25, 0.3) is 0 Å². The van der Waals surface area contributed by atoms with Gasteiger partial charge in [0.1, 0.15) is 0 Å². The molecule has 2 nitrogen and oxygen atoms in total. The third kappa shape index (κ3) is 3.19. The molecule has 0 saturated heterocycles. The molecule has 0 radical (unpaired) electrons. The molecule has 0 spiro atoms. The normalized spacial score (nSPS) is 11.6. The Labute approximate surface area is 116 Å². The van der Waals surface area contributed by atoms with E-state index in [1.807, 2.05) is 0 Å². The predicted molar refractivity (Wildman–Crippen MR) is 82.6 cm³/mol. The Balaban J connectivity index is 2.16. The van der Waals surface area contributed by atoms with E-state index in [0.29, 0.717) is 0 Å². The van der Waals surface area contributed by atoms with E-state index < -0.39 is 0 Å². The van der Waals surface area contributed by atoms with Gasteiger partial charge in [-0.15, -0.1) is 0 Å². The lowest BCUT2D eigenvalue weighted by Gasteiger charge is -2.23. The maximum Gasteiger partial charge on any atom is 0.0553 e. The van der Waals surface area contributed by atoms with Crippen molar-refractivity contribution in [2.24, 2.45) is 0 Å². The smallest absolute Gasteiger partial charge is 0.0553 e. The first kappa shape index (κ1) is 13.7. The zero-order valence-electron chi connectivity index (χ0n) is 12.4. The number of para-hydroxylation sites is 1. The van der Waals surface area contributed by atoms with E-state index in [2.05, 4.69) is 80.2 Å². The van der Waals surface area contributed by atoms with Crippen molar-refractivity contribution in [2.45, 2.75) is 46.2 Å². The van der Waals surface area contributed by atoms with E-state index in [-0.39, 0.29) is 5.41 Å². The number of aryl methyl sites for hydroxylation is 1. The maximum atomic E-state index is 3.58. The van der Waals surface area contributed by atoms with Crippen LogP contribution in [0.25, 0.3) is 0 Å². The molecular weight excluding hydrogens is 232 g/mol. The SMILES string of the molecule is CCn1cccc1CNc1ccccc1C(C)(C)C. The number of anilines is 1. The average Bonchev–Trinajstić information content (AvgIpc) is 2.83. The van der Waals surface area contributed by atoms with Crippen LogP contribution in [0.4, 0.5) is 5.69 Å². The minimum absolute atomic E-state index is 0.163. The predicted octanol–water partition coefficient (Wildman–Crippen LogP) is 4.42. The molecule has 1 aromatic heterocycles. The van der Waals surface area contributed by atoms with Gasteiger partial charge in [0.15, 0.2) is 0 Å². The highest BCUT2D eigenvalue weighted by atomic mass is 15.0. The zero-order chi connectivity index (χ0) is 13.9. The molecule has 0 unspecified atom stereocenters. The van der Waals surface area contributed by atoms with Gasteiger partial charge in [-0.1, -0.05) is 39.0 Å². The minimum Gasteiger partial charge on any atom is -0.379 e. The summed E-state index contributed by atoms with van der Waals surface area (Å²) in [6.07, 6.45) is 2.13. The second-order valence-corrected chi connectivity index (χ2v) is 5.93. The number of nitrogens with zero attached hydrogens (tertiary/aromatic N) is 1. The zero-order valence-corrected chi connectivity index (χ0v) is 12.4. The Hall–Kier alpha value is -1.70. The van der Waals surface area contributed by atoms with Crippen LogP contribution in [0.2, 0.25) is 0 Å². The number of hydrogen-bond acceptors (Lipinski definition) is 1. The summed E-state index contributed by atoms with van der Waals surface area (Å²) in [5, 5.41) is 3.58. The van der Waals surface area contributed by atoms with Gasteiger partial charge in [0.2, 0.25) is 0 Å². The fraction of sp³-hybridized carbons (Fsp3) is 0.412. The molecule has 2 rings (SSSR count). The fourth-order valence-corrected chi connectivity index (χ4v) is 2.40. The highest BCUT2D eigenvalue weighted by Crippen LogP contribution is 2.29. The van der Waals surface area contributed by atoms with Gasteiger partial charge >= 0.3 is 0 Å². The molecule has 1 N–H and O–H groups in total. The van der Waals surface area contributed by atoms with Gasteiger partial charge in [-0.25, -0.2) is 0 Å². The van der Waals surface area contributed by atoms with Crippen LogP contribution in [0.15, 0.2) is 42.6 Å². The lowest BCUT2D eigenvalue weighted by molar-refractivity contribution is 0.591. The van der Waals surface area contributed by atoms with Gasteiger partial charge in [-0.2, -0.15) is 0 Å². The van der Waals surface area contributed by atoms with Crippen molar-refractivity contribution in [3.8, 4) is 0 Å². The molecule has 0 bridgehead atoms. The molecular formula is C17H24N2. The summed E-state index contributed by atoms with van der Waals surface area (Å²) in [5.41, 5.74) is 4.09. The third-order valence-corrected chi connectivity index (χ3v) is 3.46. The summed E-state index contributed by atoms with van der Waals surface area (Å²) in [6.45, 7) is 10.8. The summed E-state index contributed by atoms with van der Waals surface area (Å²) < 4.78 is 2.27. The Kier molecular flexibility index (Phi) is 3.98. The van der Waals surface area contributed by atoms with Crippen LogP contribution in [0.1, 0.15) is 39.0 Å². The second-order valence-electron chi connectivity index (χ2n) is 5.93. The van der Waals surface area contributed by atoms with Crippen LogP contribution in [0, 0.1) is 0 Å². The van der Waals surface area contributed by atoms with E-state index in [1.54, 1.807) is 0 Å². The van der Waals surface area contributed by atoms with E-state index in [9.17, 15) is 0 Å². The Morgan fingerprint density at radius 3 is 2.47 bits per heavy atom. The third-order valence-electron chi connectivity index (χ3n) is 3.46. The summed E-state index contributed by atoms with van der Waals surface area (Å²) in [5.74, 6) is 0. The molecule has 0 saturated carbocycles. The van der Waals surface area contributed by atoms with Gasteiger partial charge in [0, 0.05) is 24.1 Å². The fourth-order valence-electron chi connectivity index (χ4n) is 2.40. The first-order chi connectivity index (χ1) is 9.02. The summed E-state index contributed by atoms with van der Waals surface area (Å²) in [7, 11) is 0. The van der Waals surface area contributed by atoms with Crippen molar-refractivity contribution in [3.63, 3.8) is 0 Å². The monoisotopic (exact) mass is 256 g/mol. The number of nitrogens with one attached hydrogen (secondary N) is 1. The molecule has 102 valence electrons. The Bertz CT molecular complexity index is 532. The van der Waals surface area contributed by atoms with Gasteiger partial charge in [-0.05, 0) is 36.1 Å². The minimum atomic E-state index is 0.163.